The minimum absolute atomic E-state index is 0.0947. The molecule has 0 amide bonds. The predicted molar refractivity (Wildman–Crippen MR) is 66.9 cm³/mol. The fourth-order valence-corrected chi connectivity index (χ4v) is 1.88. The summed E-state index contributed by atoms with van der Waals surface area (Å²) in [4.78, 5) is 1.93. The number of hydrogen-bond acceptors (Lipinski definition) is 2. The molecule has 1 aromatic rings. The molecular formula is C12H16BrF2NO. The summed E-state index contributed by atoms with van der Waals surface area (Å²) in [6, 6.07) is 2.65. The van der Waals surface area contributed by atoms with Gasteiger partial charge in [-0.25, -0.2) is 8.78 Å². The van der Waals surface area contributed by atoms with Crippen molar-refractivity contribution in [3.8, 4) is 0 Å². The summed E-state index contributed by atoms with van der Waals surface area (Å²) in [6.45, 7) is 4.11. The van der Waals surface area contributed by atoms with Gasteiger partial charge in [0.15, 0.2) is 0 Å². The molecule has 0 saturated heterocycles. The molecule has 0 bridgehead atoms. The molecule has 0 N–H and O–H groups in total. The zero-order valence-electron chi connectivity index (χ0n) is 9.97. The van der Waals surface area contributed by atoms with Crippen molar-refractivity contribution >= 4 is 15.9 Å². The second kappa shape index (κ2) is 7.03. The van der Waals surface area contributed by atoms with Crippen molar-refractivity contribution in [1.29, 1.82) is 0 Å². The molecule has 0 fully saturated rings. The van der Waals surface area contributed by atoms with E-state index in [1.165, 1.54) is 12.1 Å². The maximum absolute atomic E-state index is 13.7. The number of halogens is 3. The smallest absolute Gasteiger partial charge is 0.144 e. The molecule has 0 unspecified atom stereocenters. The number of hydrogen-bond donors (Lipinski definition) is 0. The first kappa shape index (κ1) is 14.5. The topological polar surface area (TPSA) is 12.5 Å². The van der Waals surface area contributed by atoms with E-state index in [0.29, 0.717) is 13.2 Å². The van der Waals surface area contributed by atoms with Crippen molar-refractivity contribution in [1.82, 2.24) is 4.90 Å². The van der Waals surface area contributed by atoms with E-state index in [1.807, 2.05) is 11.8 Å². The van der Waals surface area contributed by atoms with Gasteiger partial charge in [0.05, 0.1) is 11.1 Å². The lowest BCUT2D eigenvalue weighted by atomic mass is 10.2. The highest BCUT2D eigenvalue weighted by Gasteiger charge is 2.15. The number of rotatable bonds is 6. The Hall–Kier alpha value is -0.520. The second-order valence-corrected chi connectivity index (χ2v) is 4.54. The summed E-state index contributed by atoms with van der Waals surface area (Å²) >= 11 is 3.06. The van der Waals surface area contributed by atoms with Crippen LogP contribution in [0.25, 0.3) is 0 Å². The summed E-state index contributed by atoms with van der Waals surface area (Å²) < 4.78 is 32.5. The van der Waals surface area contributed by atoms with Gasteiger partial charge in [-0.3, -0.25) is 4.90 Å². The van der Waals surface area contributed by atoms with Gasteiger partial charge in [0, 0.05) is 25.8 Å². The number of benzene rings is 1. The van der Waals surface area contributed by atoms with Crippen molar-refractivity contribution in [2.24, 2.45) is 0 Å². The first-order chi connectivity index (χ1) is 8.10. The average molecular weight is 308 g/mol. The quantitative estimate of drug-likeness (QED) is 0.748. The molecule has 96 valence electrons. The van der Waals surface area contributed by atoms with Crippen molar-refractivity contribution in [3.05, 3.63) is 33.8 Å². The molecule has 17 heavy (non-hydrogen) atoms. The second-order valence-electron chi connectivity index (χ2n) is 3.68. The molecule has 0 atom stereocenters. The van der Waals surface area contributed by atoms with Crippen LogP contribution in [0.1, 0.15) is 12.5 Å². The standard InChI is InChI=1S/C12H16BrF2NO/c1-3-16(6-7-17-2)8-9-11(14)5-4-10(13)12(9)15/h4-5H,3,6-8H2,1-2H3. The molecule has 0 aliphatic rings. The molecule has 0 radical (unpaired) electrons. The molecule has 0 spiro atoms. The monoisotopic (exact) mass is 307 g/mol. The molecule has 0 aromatic heterocycles. The lowest BCUT2D eigenvalue weighted by Crippen LogP contribution is -2.27. The number of methoxy groups -OCH3 is 1. The van der Waals surface area contributed by atoms with Gasteiger partial charge in [-0.1, -0.05) is 6.92 Å². The lowest BCUT2D eigenvalue weighted by Gasteiger charge is -2.20. The van der Waals surface area contributed by atoms with Crippen LogP contribution in [-0.4, -0.2) is 31.7 Å². The van der Waals surface area contributed by atoms with Gasteiger partial charge in [0.2, 0.25) is 0 Å². The van der Waals surface area contributed by atoms with Gasteiger partial charge < -0.3 is 4.74 Å². The summed E-state index contributed by atoms with van der Waals surface area (Å²) in [6.07, 6.45) is 0. The van der Waals surface area contributed by atoms with Crippen LogP contribution in [0.5, 0.6) is 0 Å². The van der Waals surface area contributed by atoms with E-state index in [1.54, 1.807) is 7.11 Å². The van der Waals surface area contributed by atoms with Crippen LogP contribution in [0.2, 0.25) is 0 Å². The zero-order valence-corrected chi connectivity index (χ0v) is 11.6. The van der Waals surface area contributed by atoms with E-state index in [0.717, 1.165) is 6.54 Å². The Morgan fingerprint density at radius 1 is 1.35 bits per heavy atom. The fraction of sp³-hybridized carbons (Fsp3) is 0.500. The summed E-state index contributed by atoms with van der Waals surface area (Å²) in [7, 11) is 1.61. The Balaban J connectivity index is 2.81. The number of ether oxygens (including phenoxy) is 1. The summed E-state index contributed by atoms with van der Waals surface area (Å²) in [5, 5.41) is 0. The number of likely N-dealkylation sites (N-methyl/N-ethyl adjacent to an activating group) is 1. The van der Waals surface area contributed by atoms with Crippen LogP contribution in [0, 0.1) is 11.6 Å². The fourth-order valence-electron chi connectivity index (χ4n) is 1.51. The maximum atomic E-state index is 13.7. The molecule has 0 saturated carbocycles. The minimum atomic E-state index is -0.527. The average Bonchev–Trinajstić information content (AvgIpc) is 2.33. The maximum Gasteiger partial charge on any atom is 0.144 e. The van der Waals surface area contributed by atoms with Crippen LogP contribution in [0.3, 0.4) is 0 Å². The lowest BCUT2D eigenvalue weighted by molar-refractivity contribution is 0.146. The zero-order chi connectivity index (χ0) is 12.8. The van der Waals surface area contributed by atoms with E-state index < -0.39 is 11.6 Å². The van der Waals surface area contributed by atoms with Gasteiger partial charge in [0.25, 0.3) is 0 Å². The summed E-state index contributed by atoms with van der Waals surface area (Å²) in [5.41, 5.74) is 0.0947. The van der Waals surface area contributed by atoms with E-state index in [-0.39, 0.29) is 16.6 Å². The summed E-state index contributed by atoms with van der Waals surface area (Å²) in [5.74, 6) is -1.04. The Morgan fingerprint density at radius 2 is 2.06 bits per heavy atom. The highest BCUT2D eigenvalue weighted by atomic mass is 79.9. The predicted octanol–water partition coefficient (Wildman–Crippen LogP) is 3.20. The van der Waals surface area contributed by atoms with E-state index >= 15 is 0 Å². The highest BCUT2D eigenvalue weighted by molar-refractivity contribution is 9.10. The van der Waals surface area contributed by atoms with Crippen LogP contribution in [0.15, 0.2) is 16.6 Å². The molecule has 1 aromatic carbocycles. The molecule has 0 heterocycles. The van der Waals surface area contributed by atoms with Crippen molar-refractivity contribution in [3.63, 3.8) is 0 Å². The molecule has 2 nitrogen and oxygen atoms in total. The van der Waals surface area contributed by atoms with Gasteiger partial charge in [-0.15, -0.1) is 0 Å². The van der Waals surface area contributed by atoms with Gasteiger partial charge >= 0.3 is 0 Å². The largest absolute Gasteiger partial charge is 0.383 e. The highest BCUT2D eigenvalue weighted by Crippen LogP contribution is 2.22. The Kier molecular flexibility index (Phi) is 6.02. The third-order valence-electron chi connectivity index (χ3n) is 2.58. The molecular weight excluding hydrogens is 292 g/mol. The Morgan fingerprint density at radius 3 is 2.65 bits per heavy atom. The van der Waals surface area contributed by atoms with Gasteiger partial charge in [-0.2, -0.15) is 0 Å². The Labute approximate surface area is 109 Å². The van der Waals surface area contributed by atoms with Gasteiger partial charge in [-0.05, 0) is 34.6 Å². The van der Waals surface area contributed by atoms with E-state index in [4.69, 9.17) is 4.74 Å². The molecule has 5 heteroatoms. The molecule has 1 rings (SSSR count). The minimum Gasteiger partial charge on any atom is -0.383 e. The van der Waals surface area contributed by atoms with Crippen LogP contribution in [0.4, 0.5) is 8.78 Å². The van der Waals surface area contributed by atoms with Crippen LogP contribution in [-0.2, 0) is 11.3 Å². The molecule has 0 aliphatic heterocycles. The van der Waals surface area contributed by atoms with E-state index in [2.05, 4.69) is 15.9 Å². The molecule has 0 aliphatic carbocycles. The normalized spacial score (nSPS) is 11.2. The first-order valence-electron chi connectivity index (χ1n) is 5.43. The Bertz CT molecular complexity index is 374. The van der Waals surface area contributed by atoms with Crippen molar-refractivity contribution < 1.29 is 13.5 Å². The van der Waals surface area contributed by atoms with Crippen LogP contribution >= 0.6 is 15.9 Å². The van der Waals surface area contributed by atoms with Crippen LogP contribution < -0.4 is 0 Å². The van der Waals surface area contributed by atoms with Gasteiger partial charge in [0.1, 0.15) is 11.6 Å². The first-order valence-corrected chi connectivity index (χ1v) is 6.23. The SMILES string of the molecule is CCN(CCOC)Cc1c(F)ccc(Br)c1F. The third-order valence-corrected chi connectivity index (χ3v) is 3.19. The third kappa shape index (κ3) is 4.01. The van der Waals surface area contributed by atoms with Crippen molar-refractivity contribution in [2.45, 2.75) is 13.5 Å². The van der Waals surface area contributed by atoms with Crippen molar-refractivity contribution in [2.75, 3.05) is 26.8 Å². The number of nitrogens with zero attached hydrogens (tertiary/aromatic N) is 1. The van der Waals surface area contributed by atoms with E-state index in [9.17, 15) is 8.78 Å².